The number of rotatable bonds is 8. The monoisotopic (exact) mass is 360 g/mol. The number of hydrogen-bond donors (Lipinski definition) is 2. The number of carboxylic acid groups (broad SMARTS) is 1. The van der Waals surface area contributed by atoms with Crippen LogP contribution in [0.5, 0.6) is 0 Å². The van der Waals surface area contributed by atoms with Crippen LogP contribution in [0.15, 0.2) is 47.2 Å². The third kappa shape index (κ3) is 5.42. The fourth-order valence-electron chi connectivity index (χ4n) is 2.36. The third-order valence-corrected chi connectivity index (χ3v) is 4.51. The zero-order chi connectivity index (χ0) is 18.2. The minimum Gasteiger partial charge on any atom is -0.480 e. The van der Waals surface area contributed by atoms with Crippen LogP contribution in [-0.4, -0.2) is 47.4 Å². The minimum absolute atomic E-state index is 0.0466. The van der Waals surface area contributed by atoms with Gasteiger partial charge in [-0.1, -0.05) is 30.3 Å². The Morgan fingerprint density at radius 2 is 1.92 bits per heavy atom. The van der Waals surface area contributed by atoms with Crippen LogP contribution in [0, 0.1) is 0 Å². The molecule has 1 aromatic carbocycles. The van der Waals surface area contributed by atoms with E-state index in [1.165, 1.54) is 23.3 Å². The second-order valence-electron chi connectivity index (χ2n) is 5.57. The fourth-order valence-corrected chi connectivity index (χ4v) is 2.99. The van der Waals surface area contributed by atoms with Gasteiger partial charge in [-0.2, -0.15) is 11.3 Å². The van der Waals surface area contributed by atoms with Crippen molar-refractivity contribution >= 4 is 29.1 Å². The van der Waals surface area contributed by atoms with Crippen molar-refractivity contribution in [1.82, 2.24) is 10.2 Å². The van der Waals surface area contributed by atoms with Gasteiger partial charge in [0.25, 0.3) is 5.91 Å². The Morgan fingerprint density at radius 1 is 1.20 bits per heavy atom. The highest BCUT2D eigenvalue weighted by molar-refractivity contribution is 7.08. The van der Waals surface area contributed by atoms with Gasteiger partial charge in [0, 0.05) is 37.4 Å². The Hall–Kier alpha value is -2.67. The second kappa shape index (κ2) is 8.98. The molecule has 132 valence electrons. The van der Waals surface area contributed by atoms with E-state index in [0.717, 1.165) is 5.56 Å². The Labute approximate surface area is 150 Å². The topological polar surface area (TPSA) is 86.7 Å². The smallest absolute Gasteiger partial charge is 0.326 e. The maximum atomic E-state index is 12.3. The molecule has 0 fully saturated rings. The predicted octanol–water partition coefficient (Wildman–Crippen LogP) is 2.02. The van der Waals surface area contributed by atoms with Crippen molar-refractivity contribution in [2.75, 3.05) is 13.6 Å². The summed E-state index contributed by atoms with van der Waals surface area (Å²) in [5, 5.41) is 15.6. The lowest BCUT2D eigenvalue weighted by molar-refractivity contribution is -0.148. The van der Waals surface area contributed by atoms with Gasteiger partial charge in [0.2, 0.25) is 5.91 Å². The zero-order valence-corrected chi connectivity index (χ0v) is 14.7. The van der Waals surface area contributed by atoms with Gasteiger partial charge >= 0.3 is 5.97 Å². The van der Waals surface area contributed by atoms with Crippen molar-refractivity contribution < 1.29 is 19.5 Å². The molecule has 25 heavy (non-hydrogen) atoms. The molecule has 2 amide bonds. The molecular formula is C18H20N2O4S. The first kappa shape index (κ1) is 18.7. The van der Waals surface area contributed by atoms with E-state index in [0.29, 0.717) is 5.56 Å². The maximum absolute atomic E-state index is 12.3. The summed E-state index contributed by atoms with van der Waals surface area (Å²) in [6, 6.07) is 9.93. The van der Waals surface area contributed by atoms with Crippen LogP contribution in [-0.2, 0) is 16.0 Å². The summed E-state index contributed by atoms with van der Waals surface area (Å²) in [4.78, 5) is 36.8. The van der Waals surface area contributed by atoms with Crippen LogP contribution in [0.4, 0.5) is 0 Å². The Bertz CT molecular complexity index is 716. The molecule has 0 spiro atoms. The molecule has 0 saturated carbocycles. The first-order chi connectivity index (χ1) is 12.0. The molecule has 0 radical (unpaired) electrons. The third-order valence-electron chi connectivity index (χ3n) is 3.83. The van der Waals surface area contributed by atoms with Crippen molar-refractivity contribution in [2.24, 2.45) is 0 Å². The number of thiophene rings is 1. The van der Waals surface area contributed by atoms with E-state index in [2.05, 4.69) is 5.32 Å². The van der Waals surface area contributed by atoms with E-state index in [1.54, 1.807) is 16.8 Å². The average Bonchev–Trinajstić information content (AvgIpc) is 3.14. The van der Waals surface area contributed by atoms with E-state index in [-0.39, 0.29) is 31.2 Å². The minimum atomic E-state index is -1.05. The van der Waals surface area contributed by atoms with Gasteiger partial charge in [-0.05, 0) is 17.0 Å². The molecule has 0 bridgehead atoms. The van der Waals surface area contributed by atoms with E-state index in [1.807, 2.05) is 30.3 Å². The summed E-state index contributed by atoms with van der Waals surface area (Å²) in [7, 11) is 1.48. The lowest BCUT2D eigenvalue weighted by atomic mass is 10.0. The van der Waals surface area contributed by atoms with Gasteiger partial charge < -0.3 is 15.3 Å². The lowest BCUT2D eigenvalue weighted by Crippen LogP contribution is -2.44. The highest BCUT2D eigenvalue weighted by Gasteiger charge is 2.26. The van der Waals surface area contributed by atoms with Crippen LogP contribution in [0.25, 0.3) is 0 Å². The number of amides is 2. The van der Waals surface area contributed by atoms with Crippen molar-refractivity contribution in [3.05, 3.63) is 58.3 Å². The molecule has 0 aliphatic rings. The van der Waals surface area contributed by atoms with Gasteiger partial charge in [-0.3, -0.25) is 9.59 Å². The number of nitrogens with zero attached hydrogens (tertiary/aromatic N) is 1. The summed E-state index contributed by atoms with van der Waals surface area (Å²) in [6.45, 7) is 0.162. The number of hydrogen-bond acceptors (Lipinski definition) is 4. The van der Waals surface area contributed by atoms with Gasteiger partial charge in [0.1, 0.15) is 6.04 Å². The molecule has 2 N–H and O–H groups in total. The molecule has 1 heterocycles. The van der Waals surface area contributed by atoms with Crippen LogP contribution >= 0.6 is 11.3 Å². The predicted molar refractivity (Wildman–Crippen MR) is 95.6 cm³/mol. The standard InChI is InChI=1S/C18H20N2O4S/c1-20(15(18(23)24)11-13-5-3-2-4-6-13)16(21)7-9-19-17(22)14-8-10-25-12-14/h2-6,8,10,12,15H,7,9,11H2,1H3,(H,19,22)(H,23,24). The van der Waals surface area contributed by atoms with Crippen LogP contribution in [0.2, 0.25) is 0 Å². The van der Waals surface area contributed by atoms with Crippen LogP contribution in [0.3, 0.4) is 0 Å². The molecule has 1 unspecified atom stereocenters. The molecular weight excluding hydrogens is 340 g/mol. The molecule has 7 heteroatoms. The van der Waals surface area contributed by atoms with Gasteiger partial charge in [-0.15, -0.1) is 0 Å². The van der Waals surface area contributed by atoms with E-state index in [4.69, 9.17) is 0 Å². The van der Waals surface area contributed by atoms with Crippen molar-refractivity contribution in [1.29, 1.82) is 0 Å². The summed E-state index contributed by atoms with van der Waals surface area (Å²) >= 11 is 1.42. The summed E-state index contributed by atoms with van der Waals surface area (Å²) in [6.07, 6.45) is 0.282. The first-order valence-electron chi connectivity index (χ1n) is 7.82. The van der Waals surface area contributed by atoms with E-state index >= 15 is 0 Å². The normalized spacial score (nSPS) is 11.6. The maximum Gasteiger partial charge on any atom is 0.326 e. The van der Waals surface area contributed by atoms with Crippen molar-refractivity contribution in [3.8, 4) is 0 Å². The molecule has 0 aliphatic heterocycles. The SMILES string of the molecule is CN(C(=O)CCNC(=O)c1ccsc1)C(Cc1ccccc1)C(=O)O. The number of carboxylic acids is 1. The van der Waals surface area contributed by atoms with Gasteiger partial charge in [-0.25, -0.2) is 4.79 Å². The van der Waals surface area contributed by atoms with Gasteiger partial charge in [0.05, 0.1) is 0 Å². The molecule has 2 aromatic rings. The number of benzene rings is 1. The summed E-state index contributed by atoms with van der Waals surface area (Å²) in [5.41, 5.74) is 1.40. The van der Waals surface area contributed by atoms with E-state index in [9.17, 15) is 19.5 Å². The number of aliphatic carboxylic acids is 1. The van der Waals surface area contributed by atoms with Crippen molar-refractivity contribution in [3.63, 3.8) is 0 Å². The number of carbonyl (C=O) groups excluding carboxylic acids is 2. The van der Waals surface area contributed by atoms with Gasteiger partial charge in [0.15, 0.2) is 0 Å². The molecule has 2 rings (SSSR count). The van der Waals surface area contributed by atoms with E-state index < -0.39 is 12.0 Å². The van der Waals surface area contributed by atoms with Crippen LogP contribution < -0.4 is 5.32 Å². The largest absolute Gasteiger partial charge is 0.480 e. The average molecular weight is 360 g/mol. The fraction of sp³-hybridized carbons (Fsp3) is 0.278. The number of carbonyl (C=O) groups is 3. The Balaban J connectivity index is 1.87. The molecule has 6 nitrogen and oxygen atoms in total. The zero-order valence-electron chi connectivity index (χ0n) is 13.8. The molecule has 1 aromatic heterocycles. The highest BCUT2D eigenvalue weighted by atomic mass is 32.1. The molecule has 1 atom stereocenters. The molecule has 0 saturated heterocycles. The second-order valence-corrected chi connectivity index (χ2v) is 6.35. The Morgan fingerprint density at radius 3 is 2.52 bits per heavy atom. The van der Waals surface area contributed by atoms with Crippen LogP contribution in [0.1, 0.15) is 22.3 Å². The highest BCUT2D eigenvalue weighted by Crippen LogP contribution is 2.10. The van der Waals surface area contributed by atoms with Crippen molar-refractivity contribution in [2.45, 2.75) is 18.9 Å². The lowest BCUT2D eigenvalue weighted by Gasteiger charge is -2.25. The summed E-state index contributed by atoms with van der Waals surface area (Å²) in [5.74, 6) is -1.62. The summed E-state index contributed by atoms with van der Waals surface area (Å²) < 4.78 is 0. The number of nitrogens with one attached hydrogen (secondary N) is 1. The Kier molecular flexibility index (Phi) is 6.71. The number of likely N-dealkylation sites (N-methyl/N-ethyl adjacent to an activating group) is 1. The first-order valence-corrected chi connectivity index (χ1v) is 8.76. The quantitative estimate of drug-likeness (QED) is 0.754. The molecule has 0 aliphatic carbocycles.